The standard InChI is InChI=1S/C9H10FNO2/c10-7-3-1-6(2-4-7)5-8(11)9(12)13/h1-4,8H,5,11H2,(H,12,13)/p-1/t8-/m0/s1. The molecule has 4 heteroatoms. The van der Waals surface area contributed by atoms with E-state index in [9.17, 15) is 14.3 Å². The quantitative estimate of drug-likeness (QED) is 0.681. The highest BCUT2D eigenvalue weighted by Gasteiger charge is 2.04. The molecule has 0 aliphatic carbocycles. The topological polar surface area (TPSA) is 66.2 Å². The molecule has 0 unspecified atom stereocenters. The van der Waals surface area contributed by atoms with Crippen LogP contribution in [0.25, 0.3) is 0 Å². The van der Waals surface area contributed by atoms with Crippen molar-refractivity contribution in [3.63, 3.8) is 0 Å². The number of nitrogens with two attached hydrogens (primary N) is 1. The third kappa shape index (κ3) is 2.83. The van der Waals surface area contributed by atoms with Crippen molar-refractivity contribution in [1.82, 2.24) is 0 Å². The Morgan fingerprint density at radius 3 is 2.46 bits per heavy atom. The molecule has 0 amide bonds. The van der Waals surface area contributed by atoms with Crippen molar-refractivity contribution in [2.75, 3.05) is 0 Å². The van der Waals surface area contributed by atoms with Crippen LogP contribution in [0.15, 0.2) is 24.3 Å². The summed E-state index contributed by atoms with van der Waals surface area (Å²) in [6.07, 6.45) is 0.155. The van der Waals surface area contributed by atoms with Crippen molar-refractivity contribution >= 4 is 5.97 Å². The summed E-state index contributed by atoms with van der Waals surface area (Å²) < 4.78 is 12.4. The largest absolute Gasteiger partial charge is 0.548 e. The molecule has 0 heterocycles. The van der Waals surface area contributed by atoms with Gasteiger partial charge >= 0.3 is 0 Å². The first-order valence-electron chi connectivity index (χ1n) is 3.80. The van der Waals surface area contributed by atoms with Crippen molar-refractivity contribution in [3.05, 3.63) is 35.6 Å². The van der Waals surface area contributed by atoms with Crippen LogP contribution in [0.1, 0.15) is 5.56 Å². The van der Waals surface area contributed by atoms with Crippen LogP contribution in [-0.4, -0.2) is 12.0 Å². The summed E-state index contributed by atoms with van der Waals surface area (Å²) in [6.45, 7) is 0. The van der Waals surface area contributed by atoms with E-state index in [-0.39, 0.29) is 12.2 Å². The van der Waals surface area contributed by atoms with E-state index < -0.39 is 12.0 Å². The third-order valence-corrected chi connectivity index (χ3v) is 1.67. The Morgan fingerprint density at radius 2 is 2.00 bits per heavy atom. The van der Waals surface area contributed by atoms with Crippen LogP contribution < -0.4 is 10.8 Å². The molecule has 0 saturated heterocycles. The molecule has 3 nitrogen and oxygen atoms in total. The predicted molar refractivity (Wildman–Crippen MR) is 43.1 cm³/mol. The van der Waals surface area contributed by atoms with Crippen LogP contribution in [0.4, 0.5) is 4.39 Å². The Bertz CT molecular complexity index is 297. The van der Waals surface area contributed by atoms with Crippen molar-refractivity contribution < 1.29 is 14.3 Å². The number of carboxylic acid groups (broad SMARTS) is 1. The summed E-state index contributed by atoms with van der Waals surface area (Å²) in [5.74, 6) is -1.66. The molecule has 1 atom stereocenters. The first kappa shape index (κ1) is 9.67. The van der Waals surface area contributed by atoms with Gasteiger partial charge in [-0.15, -0.1) is 0 Å². The number of hydrogen-bond acceptors (Lipinski definition) is 3. The first-order chi connectivity index (χ1) is 6.09. The van der Waals surface area contributed by atoms with Crippen LogP contribution in [0, 0.1) is 5.82 Å². The first-order valence-corrected chi connectivity index (χ1v) is 3.80. The number of benzene rings is 1. The maximum Gasteiger partial charge on any atom is 0.123 e. The fourth-order valence-corrected chi connectivity index (χ4v) is 0.958. The average Bonchev–Trinajstić information content (AvgIpc) is 2.08. The van der Waals surface area contributed by atoms with Crippen LogP contribution in [0.2, 0.25) is 0 Å². The summed E-state index contributed by atoms with van der Waals surface area (Å²) >= 11 is 0. The van der Waals surface area contributed by atoms with Gasteiger partial charge in [-0.25, -0.2) is 4.39 Å². The monoisotopic (exact) mass is 182 g/mol. The minimum absolute atomic E-state index is 0.155. The number of carbonyl (C=O) groups excluding carboxylic acids is 1. The number of carboxylic acids is 1. The zero-order chi connectivity index (χ0) is 9.84. The Kier molecular flexibility index (Phi) is 2.97. The fraction of sp³-hybridized carbons (Fsp3) is 0.222. The van der Waals surface area contributed by atoms with Gasteiger partial charge in [0, 0.05) is 6.04 Å². The van der Waals surface area contributed by atoms with E-state index in [0.29, 0.717) is 5.56 Å². The summed E-state index contributed by atoms with van der Waals surface area (Å²) in [5.41, 5.74) is 5.91. The van der Waals surface area contributed by atoms with E-state index in [0.717, 1.165) is 0 Å². The summed E-state index contributed by atoms with van der Waals surface area (Å²) in [4.78, 5) is 10.3. The van der Waals surface area contributed by atoms with Gasteiger partial charge in [-0.2, -0.15) is 0 Å². The Morgan fingerprint density at radius 1 is 1.46 bits per heavy atom. The molecule has 1 rings (SSSR count). The van der Waals surface area contributed by atoms with E-state index in [1.54, 1.807) is 0 Å². The minimum Gasteiger partial charge on any atom is -0.548 e. The number of rotatable bonds is 3. The van der Waals surface area contributed by atoms with Gasteiger partial charge in [0.25, 0.3) is 0 Å². The normalized spacial score (nSPS) is 12.5. The number of halogens is 1. The molecular weight excluding hydrogens is 173 g/mol. The molecule has 0 aliphatic heterocycles. The molecule has 2 N–H and O–H groups in total. The molecule has 70 valence electrons. The second kappa shape index (κ2) is 4.00. The SMILES string of the molecule is N[C@@H](Cc1ccc(F)cc1)C(=O)[O-]. The lowest BCUT2D eigenvalue weighted by molar-refractivity contribution is -0.307. The Hall–Kier alpha value is -1.42. The molecular formula is C9H9FNO2-. The smallest absolute Gasteiger partial charge is 0.123 e. The van der Waals surface area contributed by atoms with Crippen LogP contribution in [-0.2, 0) is 11.2 Å². The molecule has 0 spiro atoms. The molecule has 0 aliphatic rings. The molecule has 0 saturated carbocycles. The maximum atomic E-state index is 12.4. The number of hydrogen-bond donors (Lipinski definition) is 1. The molecule has 0 radical (unpaired) electrons. The fourth-order valence-electron chi connectivity index (χ4n) is 0.958. The van der Waals surface area contributed by atoms with E-state index in [2.05, 4.69) is 0 Å². The molecule has 0 aromatic heterocycles. The highest BCUT2D eigenvalue weighted by Crippen LogP contribution is 2.04. The molecule has 13 heavy (non-hydrogen) atoms. The Labute approximate surface area is 75.0 Å². The second-order valence-corrected chi connectivity index (χ2v) is 2.76. The van der Waals surface area contributed by atoms with Gasteiger partial charge in [-0.05, 0) is 24.1 Å². The lowest BCUT2D eigenvalue weighted by atomic mass is 10.1. The highest BCUT2D eigenvalue weighted by molar-refractivity contribution is 5.71. The van der Waals surface area contributed by atoms with E-state index in [1.165, 1.54) is 24.3 Å². The van der Waals surface area contributed by atoms with Crippen LogP contribution >= 0.6 is 0 Å². The summed E-state index contributed by atoms with van der Waals surface area (Å²) in [5, 5.41) is 10.3. The molecule has 0 fully saturated rings. The highest BCUT2D eigenvalue weighted by atomic mass is 19.1. The molecule has 0 bridgehead atoms. The van der Waals surface area contributed by atoms with Gasteiger partial charge in [0.15, 0.2) is 0 Å². The van der Waals surface area contributed by atoms with Gasteiger partial charge in [0.1, 0.15) is 5.82 Å². The van der Waals surface area contributed by atoms with Crippen LogP contribution in [0.3, 0.4) is 0 Å². The molecule has 1 aromatic rings. The Balaban J connectivity index is 2.64. The van der Waals surface area contributed by atoms with Gasteiger partial charge in [-0.1, -0.05) is 12.1 Å². The minimum atomic E-state index is -1.30. The van der Waals surface area contributed by atoms with Gasteiger partial charge in [-0.3, -0.25) is 0 Å². The van der Waals surface area contributed by atoms with E-state index >= 15 is 0 Å². The van der Waals surface area contributed by atoms with Crippen LogP contribution in [0.5, 0.6) is 0 Å². The van der Waals surface area contributed by atoms with Gasteiger partial charge < -0.3 is 15.6 Å². The molecule has 1 aromatic carbocycles. The van der Waals surface area contributed by atoms with Crippen molar-refractivity contribution in [3.8, 4) is 0 Å². The summed E-state index contributed by atoms with van der Waals surface area (Å²) in [6, 6.07) is 4.48. The average molecular weight is 182 g/mol. The third-order valence-electron chi connectivity index (χ3n) is 1.67. The van der Waals surface area contributed by atoms with E-state index in [4.69, 9.17) is 5.73 Å². The number of aliphatic carboxylic acids is 1. The van der Waals surface area contributed by atoms with Gasteiger partial charge in [0.2, 0.25) is 0 Å². The zero-order valence-electron chi connectivity index (χ0n) is 6.87. The predicted octanol–water partition coefficient (Wildman–Crippen LogP) is -0.555. The van der Waals surface area contributed by atoms with Crippen molar-refractivity contribution in [2.24, 2.45) is 5.73 Å². The maximum absolute atomic E-state index is 12.4. The lowest BCUT2D eigenvalue weighted by Crippen LogP contribution is -2.43. The number of carbonyl (C=O) groups is 1. The summed E-state index contributed by atoms with van der Waals surface area (Å²) in [7, 11) is 0. The lowest BCUT2D eigenvalue weighted by Gasteiger charge is -2.11. The van der Waals surface area contributed by atoms with E-state index in [1.807, 2.05) is 0 Å². The van der Waals surface area contributed by atoms with Gasteiger partial charge in [0.05, 0.1) is 5.97 Å². The second-order valence-electron chi connectivity index (χ2n) is 2.76. The van der Waals surface area contributed by atoms with Crippen molar-refractivity contribution in [1.29, 1.82) is 0 Å². The van der Waals surface area contributed by atoms with Crippen molar-refractivity contribution in [2.45, 2.75) is 12.5 Å². The zero-order valence-corrected chi connectivity index (χ0v) is 6.87.